The first-order chi connectivity index (χ1) is 22.7. The first kappa shape index (κ1) is 37.2. The summed E-state index contributed by atoms with van der Waals surface area (Å²) in [5.41, 5.74) is 5.37. The molecule has 240 valence electrons. The second kappa shape index (κ2) is 18.3. The highest BCUT2D eigenvalue weighted by atomic mass is 127. The van der Waals surface area contributed by atoms with Crippen molar-refractivity contribution in [2.75, 3.05) is 0 Å². The molecule has 0 aliphatic heterocycles. The molecule has 48 heavy (non-hydrogen) atoms. The second-order valence-corrected chi connectivity index (χ2v) is 16.0. The zero-order valence-electron chi connectivity index (χ0n) is 26.8. The van der Waals surface area contributed by atoms with Gasteiger partial charge in [0.2, 0.25) is 0 Å². The van der Waals surface area contributed by atoms with Gasteiger partial charge >= 0.3 is 0 Å². The maximum atomic E-state index is 2.30. The lowest BCUT2D eigenvalue weighted by molar-refractivity contribution is -0.00100. The molecule has 0 amide bonds. The standard InChI is InChI=1S/C25H22P.C19H17P.ClH.HI/c1-5-13-22(14-6-1)21-26(23-15-7-2-8-16-23,24-17-9-3-10-18-24)25-19-11-4-12-20-25;20-19(16-10-4-1-5-11-16,17-12-6-2-7-13-17)18-14-8-3-9-15-18;;/h1-20H,21H2;1-15H,20H2;2*1H/q+1;;;/p-1. The Balaban J connectivity index is 0.000000215. The quantitative estimate of drug-likeness (QED) is 0.125. The van der Waals surface area contributed by atoms with E-state index in [9.17, 15) is 0 Å². The number of hydrogen-bond acceptors (Lipinski definition) is 0. The first-order valence-corrected chi connectivity index (χ1v) is 18.5. The van der Waals surface area contributed by atoms with Gasteiger partial charge in [-0.2, -0.15) is 0 Å². The average molecular weight is 793 g/mol. The maximum absolute atomic E-state index is 2.30. The van der Waals surface area contributed by atoms with E-state index < -0.39 is 7.26 Å². The lowest BCUT2D eigenvalue weighted by Gasteiger charge is -2.27. The van der Waals surface area contributed by atoms with Crippen LogP contribution in [0.2, 0.25) is 0 Å². The van der Waals surface area contributed by atoms with Crippen LogP contribution in [0, 0.1) is 0 Å². The fraction of sp³-hybridized carbons (Fsp3) is 0.0455. The third-order valence-corrected chi connectivity index (χ3v) is 14.3. The number of benzene rings is 7. The van der Waals surface area contributed by atoms with Gasteiger partial charge in [0.15, 0.2) is 0 Å². The Morgan fingerprint density at radius 1 is 0.354 bits per heavy atom. The van der Waals surface area contributed by atoms with Crippen molar-refractivity contribution in [2.24, 2.45) is 0 Å². The summed E-state index contributed by atoms with van der Waals surface area (Å²) in [6, 6.07) is 76.2. The average Bonchev–Trinajstić information content (AvgIpc) is 3.16. The van der Waals surface area contributed by atoms with Crippen LogP contribution in [0.4, 0.5) is 0 Å². The van der Waals surface area contributed by atoms with Gasteiger partial charge in [-0.25, -0.2) is 0 Å². The molecule has 0 saturated carbocycles. The molecule has 0 heterocycles. The Bertz CT molecular complexity index is 1700. The van der Waals surface area contributed by atoms with Crippen LogP contribution in [0.5, 0.6) is 0 Å². The van der Waals surface area contributed by atoms with E-state index in [2.05, 4.69) is 212 Å². The molecule has 0 saturated heterocycles. The molecule has 0 radical (unpaired) electrons. The summed E-state index contributed by atoms with van der Waals surface area (Å²) in [4.78, 5) is 0. The molecular formula is C44H40ClIP2. The monoisotopic (exact) mass is 792 g/mol. The molecule has 0 spiro atoms. The third-order valence-electron chi connectivity index (χ3n) is 8.65. The molecule has 1 atom stereocenters. The number of rotatable bonds is 8. The van der Waals surface area contributed by atoms with Crippen LogP contribution in [-0.4, -0.2) is 0 Å². The van der Waals surface area contributed by atoms with Gasteiger partial charge in [-0.1, -0.05) is 176 Å². The van der Waals surface area contributed by atoms with E-state index in [0.29, 0.717) is 0 Å². The van der Waals surface area contributed by atoms with Crippen molar-refractivity contribution in [1.82, 2.24) is 0 Å². The molecule has 0 bridgehead atoms. The fourth-order valence-corrected chi connectivity index (χ4v) is 11.2. The Hall–Kier alpha value is -3.58. The van der Waals surface area contributed by atoms with Gasteiger partial charge in [0.1, 0.15) is 28.3 Å². The highest BCUT2D eigenvalue weighted by Gasteiger charge is 2.45. The lowest BCUT2D eigenvalue weighted by Crippen LogP contribution is -3.00. The molecule has 0 N–H and O–H groups in total. The molecule has 4 heteroatoms. The Morgan fingerprint density at radius 2 is 0.583 bits per heavy atom. The van der Waals surface area contributed by atoms with E-state index >= 15 is 0 Å². The number of hydrogen-bond donors (Lipinski definition) is 0. The summed E-state index contributed by atoms with van der Waals surface area (Å²) in [5, 5.41) is 4.20. The van der Waals surface area contributed by atoms with Gasteiger partial charge in [0.05, 0.1) is 6.16 Å². The van der Waals surface area contributed by atoms with Crippen LogP contribution in [0.15, 0.2) is 212 Å². The third kappa shape index (κ3) is 8.34. The lowest BCUT2D eigenvalue weighted by atomic mass is 9.84. The van der Waals surface area contributed by atoms with E-state index in [1.54, 1.807) is 0 Å². The van der Waals surface area contributed by atoms with Crippen molar-refractivity contribution in [1.29, 1.82) is 0 Å². The van der Waals surface area contributed by atoms with Crippen LogP contribution >= 0.6 is 16.5 Å². The minimum atomic E-state index is -1.78. The number of halogens is 2. The fourth-order valence-electron chi connectivity index (χ4n) is 6.29. The van der Waals surface area contributed by atoms with Crippen LogP contribution in [0.3, 0.4) is 0 Å². The van der Waals surface area contributed by atoms with Gasteiger partial charge < -0.3 is 36.4 Å². The Kier molecular flexibility index (Phi) is 14.2. The maximum Gasteiger partial charge on any atom is 0.147 e. The summed E-state index contributed by atoms with van der Waals surface area (Å²) >= 11 is 0. The molecular weight excluding hydrogens is 753 g/mol. The molecule has 0 nitrogen and oxygen atoms in total. The molecule has 0 aliphatic rings. The molecule has 7 aromatic rings. The SMILES string of the molecule is [Cl-].[I-].[PH3+]C(c1ccccc1)(c1ccccc1)c1ccccc1.c1ccc(C[P+](c2ccccc2)(c2ccccc2)c2ccccc2)cc1. The van der Waals surface area contributed by atoms with Gasteiger partial charge in [0, 0.05) is 16.7 Å². The zero-order chi connectivity index (χ0) is 31.5. The van der Waals surface area contributed by atoms with Gasteiger partial charge in [-0.15, -0.1) is 0 Å². The van der Waals surface area contributed by atoms with Crippen molar-refractivity contribution >= 4 is 32.4 Å². The predicted octanol–water partition coefficient (Wildman–Crippen LogP) is 3.77. The van der Waals surface area contributed by atoms with Crippen molar-refractivity contribution in [3.05, 3.63) is 235 Å². The Morgan fingerprint density at radius 3 is 0.854 bits per heavy atom. The summed E-state index contributed by atoms with van der Waals surface area (Å²) in [7, 11) is 0.270. The minimum absolute atomic E-state index is 0. The van der Waals surface area contributed by atoms with Crippen LogP contribution in [-0.2, 0) is 11.3 Å². The van der Waals surface area contributed by atoms with Crippen molar-refractivity contribution < 1.29 is 36.4 Å². The first-order valence-electron chi connectivity index (χ1n) is 15.8. The molecule has 0 aromatic heterocycles. The molecule has 7 rings (SSSR count). The van der Waals surface area contributed by atoms with E-state index in [1.807, 2.05) is 9.24 Å². The molecule has 0 aliphatic carbocycles. The van der Waals surface area contributed by atoms with Gasteiger partial charge in [-0.3, -0.25) is 0 Å². The summed E-state index contributed by atoms with van der Waals surface area (Å²) in [6.07, 6.45) is 1.03. The van der Waals surface area contributed by atoms with Crippen LogP contribution < -0.4 is 52.3 Å². The van der Waals surface area contributed by atoms with Gasteiger partial charge in [-0.05, 0) is 51.2 Å². The van der Waals surface area contributed by atoms with Crippen molar-refractivity contribution in [2.45, 2.75) is 11.3 Å². The van der Waals surface area contributed by atoms with E-state index in [0.717, 1.165) is 6.16 Å². The predicted molar refractivity (Wildman–Crippen MR) is 206 cm³/mol. The molecule has 0 fully saturated rings. The normalized spacial score (nSPS) is 10.8. The zero-order valence-corrected chi connectivity index (χ0v) is 32.0. The van der Waals surface area contributed by atoms with Crippen molar-refractivity contribution in [3.63, 3.8) is 0 Å². The van der Waals surface area contributed by atoms with Crippen LogP contribution in [0.1, 0.15) is 22.3 Å². The van der Waals surface area contributed by atoms with E-state index in [4.69, 9.17) is 0 Å². The van der Waals surface area contributed by atoms with Gasteiger partial charge in [0.25, 0.3) is 0 Å². The summed E-state index contributed by atoms with van der Waals surface area (Å²) < 4.78 is 0. The van der Waals surface area contributed by atoms with E-state index in [-0.39, 0.29) is 41.5 Å². The molecule has 1 unspecified atom stereocenters. The minimum Gasteiger partial charge on any atom is -1.00 e. The molecule has 7 aromatic carbocycles. The van der Waals surface area contributed by atoms with E-state index in [1.165, 1.54) is 38.2 Å². The largest absolute Gasteiger partial charge is 1.00 e. The topological polar surface area (TPSA) is 0 Å². The smallest absolute Gasteiger partial charge is 0.147 e. The van der Waals surface area contributed by atoms with Crippen molar-refractivity contribution in [3.8, 4) is 0 Å². The van der Waals surface area contributed by atoms with Crippen LogP contribution in [0.25, 0.3) is 0 Å². The summed E-state index contributed by atoms with van der Waals surface area (Å²) in [6.45, 7) is 0. The summed E-state index contributed by atoms with van der Waals surface area (Å²) in [5.74, 6) is 0. The highest BCUT2D eigenvalue weighted by Crippen LogP contribution is 2.58. The second-order valence-electron chi connectivity index (χ2n) is 11.5. The Labute approximate surface area is 312 Å². The highest BCUT2D eigenvalue weighted by molar-refractivity contribution is 7.95.